The van der Waals surface area contributed by atoms with Crippen LogP contribution in [0.25, 0.3) is 0 Å². The van der Waals surface area contributed by atoms with Crippen LogP contribution in [0.3, 0.4) is 0 Å². The SMILES string of the molecule is CNc1nc(Nc2ccc(Cl)c(Cl)c2)ncc1N1CCCNC1=O. The standard InChI is InChI=1S/C15H16Cl2N6O/c1-18-13-12(23-6-2-5-19-15(23)24)8-20-14(22-13)21-9-3-4-10(16)11(17)7-9/h3-4,7-8H,2,5-6H2,1H3,(H,19,24)(H2,18,20,21,22). The van der Waals surface area contributed by atoms with Crippen LogP contribution >= 0.6 is 23.2 Å². The molecule has 3 rings (SSSR count). The molecule has 1 fully saturated rings. The van der Waals surface area contributed by atoms with Crippen molar-refractivity contribution in [3.8, 4) is 0 Å². The Labute approximate surface area is 149 Å². The Morgan fingerprint density at radius 2 is 2.12 bits per heavy atom. The maximum atomic E-state index is 12.0. The number of halogens is 2. The second kappa shape index (κ2) is 7.11. The minimum Gasteiger partial charge on any atom is -0.371 e. The predicted octanol–water partition coefficient (Wildman–Crippen LogP) is 3.49. The fourth-order valence-electron chi connectivity index (χ4n) is 2.38. The number of rotatable bonds is 4. The largest absolute Gasteiger partial charge is 0.371 e. The molecule has 1 aliphatic rings. The van der Waals surface area contributed by atoms with Crippen LogP contribution in [0.15, 0.2) is 24.4 Å². The molecule has 0 unspecified atom stereocenters. The maximum absolute atomic E-state index is 12.0. The molecule has 1 aromatic carbocycles. The molecule has 0 aliphatic carbocycles. The fraction of sp³-hybridized carbons (Fsp3) is 0.267. The summed E-state index contributed by atoms with van der Waals surface area (Å²) < 4.78 is 0. The molecule has 126 valence electrons. The van der Waals surface area contributed by atoms with Gasteiger partial charge in [-0.3, -0.25) is 4.90 Å². The van der Waals surface area contributed by atoms with Crippen LogP contribution in [0.5, 0.6) is 0 Å². The number of amides is 2. The molecule has 7 nitrogen and oxygen atoms in total. The average Bonchev–Trinajstić information content (AvgIpc) is 2.59. The zero-order valence-corrected chi connectivity index (χ0v) is 14.4. The van der Waals surface area contributed by atoms with E-state index in [4.69, 9.17) is 23.2 Å². The first-order chi connectivity index (χ1) is 11.6. The molecular weight excluding hydrogens is 351 g/mol. The molecule has 24 heavy (non-hydrogen) atoms. The van der Waals surface area contributed by atoms with Crippen molar-refractivity contribution in [2.45, 2.75) is 6.42 Å². The van der Waals surface area contributed by atoms with E-state index >= 15 is 0 Å². The minimum atomic E-state index is -0.147. The molecule has 0 bridgehead atoms. The van der Waals surface area contributed by atoms with E-state index in [1.165, 1.54) is 0 Å². The Morgan fingerprint density at radius 3 is 2.83 bits per heavy atom. The van der Waals surface area contributed by atoms with Gasteiger partial charge in [0.2, 0.25) is 5.95 Å². The van der Waals surface area contributed by atoms with Crippen molar-refractivity contribution in [2.75, 3.05) is 35.7 Å². The lowest BCUT2D eigenvalue weighted by Crippen LogP contribution is -2.46. The van der Waals surface area contributed by atoms with Gasteiger partial charge in [-0.1, -0.05) is 23.2 Å². The van der Waals surface area contributed by atoms with E-state index in [0.717, 1.165) is 12.1 Å². The molecule has 0 saturated carbocycles. The van der Waals surface area contributed by atoms with E-state index in [1.54, 1.807) is 36.3 Å². The number of benzene rings is 1. The second-order valence-corrected chi connectivity index (χ2v) is 5.98. The van der Waals surface area contributed by atoms with Gasteiger partial charge in [0.25, 0.3) is 0 Å². The highest BCUT2D eigenvalue weighted by molar-refractivity contribution is 6.42. The summed E-state index contributed by atoms with van der Waals surface area (Å²) in [5.74, 6) is 0.948. The topological polar surface area (TPSA) is 82.2 Å². The van der Waals surface area contributed by atoms with Crippen LogP contribution < -0.4 is 20.9 Å². The Hall–Kier alpha value is -2.25. The van der Waals surface area contributed by atoms with Crippen LogP contribution in [0.4, 0.5) is 27.9 Å². The summed E-state index contributed by atoms with van der Waals surface area (Å²) in [6, 6.07) is 5.02. The smallest absolute Gasteiger partial charge is 0.322 e. The van der Waals surface area contributed by atoms with Gasteiger partial charge in [0, 0.05) is 25.8 Å². The van der Waals surface area contributed by atoms with Crippen LogP contribution in [0.1, 0.15) is 6.42 Å². The normalized spacial score (nSPS) is 14.3. The van der Waals surface area contributed by atoms with E-state index in [0.29, 0.717) is 40.6 Å². The van der Waals surface area contributed by atoms with Gasteiger partial charge in [0.05, 0.1) is 16.2 Å². The molecular formula is C15H16Cl2N6O. The Morgan fingerprint density at radius 1 is 1.29 bits per heavy atom. The lowest BCUT2D eigenvalue weighted by molar-refractivity contribution is 0.243. The summed E-state index contributed by atoms with van der Waals surface area (Å²) in [6.45, 7) is 1.31. The van der Waals surface area contributed by atoms with Crippen molar-refractivity contribution < 1.29 is 4.79 Å². The highest BCUT2D eigenvalue weighted by Gasteiger charge is 2.23. The third kappa shape index (κ3) is 3.47. The molecule has 2 heterocycles. The lowest BCUT2D eigenvalue weighted by atomic mass is 10.3. The predicted molar refractivity (Wildman–Crippen MR) is 96.7 cm³/mol. The molecule has 3 N–H and O–H groups in total. The summed E-state index contributed by atoms with van der Waals surface area (Å²) in [5.41, 5.74) is 1.35. The zero-order valence-electron chi connectivity index (χ0n) is 12.9. The van der Waals surface area contributed by atoms with E-state index in [-0.39, 0.29) is 6.03 Å². The van der Waals surface area contributed by atoms with E-state index < -0.39 is 0 Å². The molecule has 1 aromatic heterocycles. The van der Waals surface area contributed by atoms with Crippen molar-refractivity contribution in [1.29, 1.82) is 0 Å². The van der Waals surface area contributed by atoms with Gasteiger partial charge in [0.1, 0.15) is 5.69 Å². The van der Waals surface area contributed by atoms with E-state index in [9.17, 15) is 4.79 Å². The van der Waals surface area contributed by atoms with Crippen molar-refractivity contribution in [2.24, 2.45) is 0 Å². The Balaban J connectivity index is 1.85. The first kappa shape index (κ1) is 16.6. The monoisotopic (exact) mass is 366 g/mol. The van der Waals surface area contributed by atoms with Crippen LogP contribution in [0, 0.1) is 0 Å². The number of carbonyl (C=O) groups excluding carboxylic acids is 1. The van der Waals surface area contributed by atoms with Gasteiger partial charge in [-0.15, -0.1) is 0 Å². The van der Waals surface area contributed by atoms with Crippen molar-refractivity contribution in [3.05, 3.63) is 34.4 Å². The first-order valence-corrected chi connectivity index (χ1v) is 8.16. The second-order valence-electron chi connectivity index (χ2n) is 5.17. The lowest BCUT2D eigenvalue weighted by Gasteiger charge is -2.28. The summed E-state index contributed by atoms with van der Waals surface area (Å²) >= 11 is 11.9. The van der Waals surface area contributed by atoms with Crippen molar-refractivity contribution >= 4 is 52.4 Å². The molecule has 1 aliphatic heterocycles. The summed E-state index contributed by atoms with van der Waals surface area (Å²) in [6.07, 6.45) is 2.49. The molecule has 1 saturated heterocycles. The Kier molecular flexibility index (Phi) is 4.92. The van der Waals surface area contributed by atoms with Gasteiger partial charge in [0.15, 0.2) is 5.82 Å². The number of aromatic nitrogens is 2. The number of hydrogen-bond acceptors (Lipinski definition) is 5. The van der Waals surface area contributed by atoms with Gasteiger partial charge in [-0.2, -0.15) is 4.98 Å². The third-order valence-corrected chi connectivity index (χ3v) is 4.29. The van der Waals surface area contributed by atoms with E-state index in [2.05, 4.69) is 25.9 Å². The molecule has 0 spiro atoms. The molecule has 0 radical (unpaired) electrons. The van der Waals surface area contributed by atoms with E-state index in [1.807, 2.05) is 0 Å². The minimum absolute atomic E-state index is 0.147. The molecule has 9 heteroatoms. The summed E-state index contributed by atoms with van der Waals surface area (Å²) in [7, 11) is 1.75. The molecule has 0 atom stereocenters. The highest BCUT2D eigenvalue weighted by Crippen LogP contribution is 2.28. The summed E-state index contributed by atoms with van der Waals surface area (Å²) in [5, 5.41) is 9.79. The number of anilines is 4. The molecule has 2 aromatic rings. The number of nitrogens with zero attached hydrogens (tertiary/aromatic N) is 3. The van der Waals surface area contributed by atoms with Gasteiger partial charge >= 0.3 is 6.03 Å². The van der Waals surface area contributed by atoms with Gasteiger partial charge < -0.3 is 16.0 Å². The van der Waals surface area contributed by atoms with Crippen LogP contribution in [-0.2, 0) is 0 Å². The number of urea groups is 1. The van der Waals surface area contributed by atoms with Gasteiger partial charge in [-0.25, -0.2) is 9.78 Å². The van der Waals surface area contributed by atoms with Crippen molar-refractivity contribution in [3.63, 3.8) is 0 Å². The molecule has 2 amide bonds. The average molecular weight is 367 g/mol. The first-order valence-electron chi connectivity index (χ1n) is 7.40. The van der Waals surface area contributed by atoms with Crippen LogP contribution in [0.2, 0.25) is 10.0 Å². The Bertz CT molecular complexity index is 770. The number of carbonyl (C=O) groups is 1. The van der Waals surface area contributed by atoms with Crippen molar-refractivity contribution in [1.82, 2.24) is 15.3 Å². The van der Waals surface area contributed by atoms with Crippen LogP contribution in [-0.4, -0.2) is 36.1 Å². The number of hydrogen-bond donors (Lipinski definition) is 3. The number of nitrogens with one attached hydrogen (secondary N) is 3. The fourth-order valence-corrected chi connectivity index (χ4v) is 2.68. The maximum Gasteiger partial charge on any atom is 0.322 e. The van der Waals surface area contributed by atoms with Gasteiger partial charge in [-0.05, 0) is 24.6 Å². The zero-order chi connectivity index (χ0) is 17.1. The quantitative estimate of drug-likeness (QED) is 0.771. The highest BCUT2D eigenvalue weighted by atomic mass is 35.5. The third-order valence-electron chi connectivity index (χ3n) is 3.55. The summed E-state index contributed by atoms with van der Waals surface area (Å²) in [4.78, 5) is 22.3.